The minimum atomic E-state index is -0.931. The quantitative estimate of drug-likeness (QED) is 0.896. The van der Waals surface area contributed by atoms with Gasteiger partial charge in [-0.3, -0.25) is 0 Å². The Hall–Kier alpha value is -0.120. The molecule has 0 heterocycles. The number of benzene rings is 1. The first-order valence-corrected chi connectivity index (χ1v) is 4.60. The standard InChI is InChI=1S/C9H11BrFN.ClH/c10-8-3-1-2-7(4-8)5-9(11)6-12;/h1-4,9H,5-6,12H2;1H. The molecule has 0 aliphatic carbocycles. The molecule has 0 bridgehead atoms. The lowest BCUT2D eigenvalue weighted by molar-refractivity contribution is 0.340. The lowest BCUT2D eigenvalue weighted by atomic mass is 10.1. The molecule has 13 heavy (non-hydrogen) atoms. The second kappa shape index (κ2) is 6.35. The van der Waals surface area contributed by atoms with E-state index in [1.807, 2.05) is 24.3 Å². The van der Waals surface area contributed by atoms with Gasteiger partial charge in [-0.05, 0) is 17.7 Å². The summed E-state index contributed by atoms with van der Waals surface area (Å²) in [5.74, 6) is 0. The molecule has 0 aliphatic rings. The van der Waals surface area contributed by atoms with Crippen molar-refractivity contribution in [1.82, 2.24) is 0 Å². The van der Waals surface area contributed by atoms with Crippen LogP contribution >= 0.6 is 28.3 Å². The van der Waals surface area contributed by atoms with Crippen molar-refractivity contribution < 1.29 is 4.39 Å². The van der Waals surface area contributed by atoms with Crippen molar-refractivity contribution in [2.45, 2.75) is 12.6 Å². The molecule has 1 atom stereocenters. The molecule has 0 saturated heterocycles. The van der Waals surface area contributed by atoms with Gasteiger partial charge in [-0.25, -0.2) is 4.39 Å². The van der Waals surface area contributed by atoms with E-state index in [1.165, 1.54) is 0 Å². The molecule has 1 nitrogen and oxygen atoms in total. The van der Waals surface area contributed by atoms with Crippen LogP contribution in [0.5, 0.6) is 0 Å². The number of rotatable bonds is 3. The van der Waals surface area contributed by atoms with Crippen molar-refractivity contribution >= 4 is 28.3 Å². The predicted octanol–water partition coefficient (Wildman–Crippen LogP) is 2.71. The summed E-state index contributed by atoms with van der Waals surface area (Å²) in [6.45, 7) is 0.0898. The largest absolute Gasteiger partial charge is 0.328 e. The van der Waals surface area contributed by atoms with Gasteiger partial charge in [0.25, 0.3) is 0 Å². The van der Waals surface area contributed by atoms with Gasteiger partial charge in [0.05, 0.1) is 0 Å². The first-order chi connectivity index (χ1) is 5.72. The van der Waals surface area contributed by atoms with Crippen LogP contribution < -0.4 is 5.73 Å². The lowest BCUT2D eigenvalue weighted by Crippen LogP contribution is -2.17. The fourth-order valence-corrected chi connectivity index (χ4v) is 1.45. The van der Waals surface area contributed by atoms with Gasteiger partial charge in [0.15, 0.2) is 0 Å². The molecular formula is C9H12BrClFN. The van der Waals surface area contributed by atoms with Crippen molar-refractivity contribution in [3.05, 3.63) is 34.3 Å². The van der Waals surface area contributed by atoms with Crippen LogP contribution in [0.1, 0.15) is 5.56 Å². The molecule has 1 aromatic rings. The summed E-state index contributed by atoms with van der Waals surface area (Å²) >= 11 is 3.32. The first kappa shape index (κ1) is 12.9. The van der Waals surface area contributed by atoms with E-state index in [9.17, 15) is 4.39 Å². The fourth-order valence-electron chi connectivity index (χ4n) is 1.00. The monoisotopic (exact) mass is 267 g/mol. The van der Waals surface area contributed by atoms with Crippen LogP contribution in [-0.2, 0) is 6.42 Å². The molecule has 0 aliphatic heterocycles. The smallest absolute Gasteiger partial charge is 0.116 e. The summed E-state index contributed by atoms with van der Waals surface area (Å²) in [6.07, 6.45) is -0.532. The van der Waals surface area contributed by atoms with E-state index in [2.05, 4.69) is 15.9 Å². The zero-order valence-electron chi connectivity index (χ0n) is 7.04. The zero-order valence-corrected chi connectivity index (χ0v) is 9.44. The Labute approximate surface area is 92.1 Å². The second-order valence-corrected chi connectivity index (χ2v) is 3.58. The highest BCUT2D eigenvalue weighted by Crippen LogP contribution is 2.13. The maximum absolute atomic E-state index is 12.8. The van der Waals surface area contributed by atoms with Crippen LogP contribution in [0.15, 0.2) is 28.7 Å². The van der Waals surface area contributed by atoms with Gasteiger partial charge in [-0.2, -0.15) is 0 Å². The van der Waals surface area contributed by atoms with Crippen molar-refractivity contribution in [3.8, 4) is 0 Å². The summed E-state index contributed by atoms with van der Waals surface area (Å²) in [5, 5.41) is 0. The average Bonchev–Trinajstić information content (AvgIpc) is 2.04. The summed E-state index contributed by atoms with van der Waals surface area (Å²) in [5.41, 5.74) is 6.15. The summed E-state index contributed by atoms with van der Waals surface area (Å²) in [7, 11) is 0. The summed E-state index contributed by atoms with van der Waals surface area (Å²) in [4.78, 5) is 0. The van der Waals surface area contributed by atoms with Crippen LogP contribution in [0.3, 0.4) is 0 Å². The highest BCUT2D eigenvalue weighted by Gasteiger charge is 2.04. The highest BCUT2D eigenvalue weighted by molar-refractivity contribution is 9.10. The minimum absolute atomic E-state index is 0. The predicted molar refractivity (Wildman–Crippen MR) is 59.0 cm³/mol. The van der Waals surface area contributed by atoms with E-state index in [-0.39, 0.29) is 19.0 Å². The molecule has 1 rings (SSSR count). The van der Waals surface area contributed by atoms with Crippen LogP contribution in [0, 0.1) is 0 Å². The van der Waals surface area contributed by atoms with Gasteiger partial charge in [0.1, 0.15) is 6.17 Å². The molecule has 0 fully saturated rings. The molecular weight excluding hydrogens is 256 g/mol. The Morgan fingerprint density at radius 2 is 2.15 bits per heavy atom. The van der Waals surface area contributed by atoms with Gasteiger partial charge in [-0.1, -0.05) is 28.1 Å². The van der Waals surface area contributed by atoms with Crippen molar-refractivity contribution in [2.75, 3.05) is 6.54 Å². The minimum Gasteiger partial charge on any atom is -0.328 e. The van der Waals surface area contributed by atoms with E-state index in [0.29, 0.717) is 6.42 Å². The Morgan fingerprint density at radius 3 is 2.69 bits per heavy atom. The number of nitrogens with two attached hydrogens (primary N) is 1. The topological polar surface area (TPSA) is 26.0 Å². The van der Waals surface area contributed by atoms with Crippen LogP contribution in [0.25, 0.3) is 0 Å². The third-order valence-electron chi connectivity index (χ3n) is 1.60. The van der Waals surface area contributed by atoms with Gasteiger partial charge in [0, 0.05) is 17.4 Å². The van der Waals surface area contributed by atoms with E-state index < -0.39 is 6.17 Å². The molecule has 0 saturated carbocycles. The Balaban J connectivity index is 0.00000144. The third kappa shape index (κ3) is 4.60. The maximum atomic E-state index is 12.8. The Kier molecular flexibility index (Phi) is 6.29. The molecule has 0 amide bonds. The van der Waals surface area contributed by atoms with E-state index in [1.54, 1.807) is 0 Å². The van der Waals surface area contributed by atoms with Crippen molar-refractivity contribution in [1.29, 1.82) is 0 Å². The van der Waals surface area contributed by atoms with Crippen LogP contribution in [-0.4, -0.2) is 12.7 Å². The number of hydrogen-bond acceptors (Lipinski definition) is 1. The van der Waals surface area contributed by atoms with Gasteiger partial charge < -0.3 is 5.73 Å². The zero-order chi connectivity index (χ0) is 8.97. The molecule has 74 valence electrons. The average molecular weight is 269 g/mol. The number of hydrogen-bond donors (Lipinski definition) is 1. The van der Waals surface area contributed by atoms with Crippen molar-refractivity contribution in [2.24, 2.45) is 5.73 Å². The first-order valence-electron chi connectivity index (χ1n) is 3.81. The van der Waals surface area contributed by atoms with E-state index >= 15 is 0 Å². The van der Waals surface area contributed by atoms with Crippen LogP contribution in [0.4, 0.5) is 4.39 Å². The molecule has 1 unspecified atom stereocenters. The van der Waals surface area contributed by atoms with E-state index in [0.717, 1.165) is 10.0 Å². The third-order valence-corrected chi connectivity index (χ3v) is 2.10. The number of alkyl halides is 1. The molecule has 0 radical (unpaired) electrons. The lowest BCUT2D eigenvalue weighted by Gasteiger charge is -2.04. The van der Waals surface area contributed by atoms with Crippen molar-refractivity contribution in [3.63, 3.8) is 0 Å². The molecule has 1 aromatic carbocycles. The molecule has 0 spiro atoms. The fraction of sp³-hybridized carbons (Fsp3) is 0.333. The number of halogens is 3. The van der Waals surface area contributed by atoms with Gasteiger partial charge >= 0.3 is 0 Å². The van der Waals surface area contributed by atoms with Gasteiger partial charge in [0.2, 0.25) is 0 Å². The highest BCUT2D eigenvalue weighted by atomic mass is 79.9. The maximum Gasteiger partial charge on any atom is 0.116 e. The Bertz CT molecular complexity index is 257. The summed E-state index contributed by atoms with van der Waals surface area (Å²) < 4.78 is 13.8. The van der Waals surface area contributed by atoms with Crippen LogP contribution in [0.2, 0.25) is 0 Å². The Morgan fingerprint density at radius 1 is 1.46 bits per heavy atom. The molecule has 2 N–H and O–H groups in total. The molecule has 4 heteroatoms. The summed E-state index contributed by atoms with van der Waals surface area (Å²) in [6, 6.07) is 7.61. The normalized spacial score (nSPS) is 11.9. The van der Waals surface area contributed by atoms with Gasteiger partial charge in [-0.15, -0.1) is 12.4 Å². The molecule has 0 aromatic heterocycles. The SMILES string of the molecule is Cl.NCC(F)Cc1cccc(Br)c1. The van der Waals surface area contributed by atoms with E-state index in [4.69, 9.17) is 5.73 Å². The second-order valence-electron chi connectivity index (χ2n) is 2.67.